The number of hydrogen-bond donors (Lipinski definition) is 0. The van der Waals surface area contributed by atoms with Crippen LogP contribution in [0.5, 0.6) is 0 Å². The molecule has 0 saturated heterocycles. The van der Waals surface area contributed by atoms with Crippen LogP contribution >= 0.6 is 0 Å². The summed E-state index contributed by atoms with van der Waals surface area (Å²) < 4.78 is 49.1. The third kappa shape index (κ3) is 2.55. The van der Waals surface area contributed by atoms with Crippen molar-refractivity contribution >= 4 is 9.84 Å². The first-order valence-corrected chi connectivity index (χ1v) is 6.49. The van der Waals surface area contributed by atoms with Crippen LogP contribution in [0, 0.1) is 11.6 Å². The van der Waals surface area contributed by atoms with Gasteiger partial charge in [-0.2, -0.15) is 0 Å². The Hall–Kier alpha value is -1.04. The highest BCUT2D eigenvalue weighted by molar-refractivity contribution is 7.90. The smallest absolute Gasteiger partial charge is 0.195 e. The van der Waals surface area contributed by atoms with Gasteiger partial charge in [0.25, 0.3) is 0 Å². The predicted octanol–water partition coefficient (Wildman–Crippen LogP) is 2.06. The number of halogens is 2. The summed E-state index contributed by atoms with van der Waals surface area (Å²) in [7, 11) is -3.79. The highest BCUT2D eigenvalue weighted by atomic mass is 32.2. The summed E-state index contributed by atoms with van der Waals surface area (Å²) in [5, 5.41) is -0.709. The molecule has 0 atom stereocenters. The highest BCUT2D eigenvalue weighted by Crippen LogP contribution is 2.25. The topological polar surface area (TPSA) is 47.0 Å². The Morgan fingerprint density at radius 3 is 2.06 bits per heavy atom. The minimum Gasteiger partial charge on any atom is -0.235 e. The Morgan fingerprint density at radius 1 is 1.19 bits per heavy atom. The zero-order valence-corrected chi connectivity index (χ0v) is 10.3. The van der Waals surface area contributed by atoms with Gasteiger partial charge in [0.05, 0.1) is 5.69 Å². The quantitative estimate of drug-likeness (QED) is 0.765. The van der Waals surface area contributed by atoms with Crippen LogP contribution in [0.1, 0.15) is 26.5 Å². The fraction of sp³-hybridized carbons (Fsp3) is 0.500. The van der Waals surface area contributed by atoms with E-state index in [1.54, 1.807) is 20.8 Å². The van der Waals surface area contributed by atoms with Gasteiger partial charge in [0.15, 0.2) is 20.7 Å². The summed E-state index contributed by atoms with van der Waals surface area (Å²) in [6, 6.07) is 0.559. The molecule has 0 aliphatic rings. The van der Waals surface area contributed by atoms with Crippen LogP contribution < -0.4 is 0 Å². The summed E-state index contributed by atoms with van der Waals surface area (Å²) in [4.78, 5) is 3.58. The number of hydrogen-bond acceptors (Lipinski definition) is 3. The SMILES string of the molecule is CC(C)(C)c1nc(S(C)(=O)=O)c(F)cc1F. The average Bonchev–Trinajstić information content (AvgIpc) is 1.97. The Labute approximate surface area is 93.4 Å². The summed E-state index contributed by atoms with van der Waals surface area (Å²) in [5.41, 5.74) is -0.744. The summed E-state index contributed by atoms with van der Waals surface area (Å²) in [6.07, 6.45) is 0.836. The van der Waals surface area contributed by atoms with Crippen molar-refractivity contribution < 1.29 is 17.2 Å². The van der Waals surface area contributed by atoms with Crippen molar-refractivity contribution in [2.24, 2.45) is 0 Å². The Kier molecular flexibility index (Phi) is 3.06. The minimum atomic E-state index is -3.79. The van der Waals surface area contributed by atoms with Gasteiger partial charge in [0.2, 0.25) is 0 Å². The molecule has 0 unspecified atom stereocenters. The molecule has 1 aromatic rings. The van der Waals surface area contributed by atoms with Crippen molar-refractivity contribution in [2.75, 3.05) is 6.26 Å². The number of pyridine rings is 1. The Bertz CT molecular complexity index is 518. The van der Waals surface area contributed by atoms with E-state index in [0.717, 1.165) is 6.26 Å². The van der Waals surface area contributed by atoms with Crippen molar-refractivity contribution in [3.63, 3.8) is 0 Å². The van der Waals surface area contributed by atoms with Crippen LogP contribution in [-0.2, 0) is 15.3 Å². The normalized spacial score (nSPS) is 12.9. The molecular formula is C10H13F2NO2S. The van der Waals surface area contributed by atoms with Gasteiger partial charge in [-0.3, -0.25) is 0 Å². The van der Waals surface area contributed by atoms with Crippen molar-refractivity contribution in [3.8, 4) is 0 Å². The molecule has 0 spiro atoms. The van der Waals surface area contributed by atoms with E-state index in [4.69, 9.17) is 0 Å². The zero-order valence-electron chi connectivity index (χ0n) is 9.51. The second-order valence-electron chi connectivity index (χ2n) is 4.63. The van der Waals surface area contributed by atoms with Crippen LogP contribution in [0.4, 0.5) is 8.78 Å². The van der Waals surface area contributed by atoms with E-state index in [9.17, 15) is 17.2 Å². The van der Waals surface area contributed by atoms with Crippen LogP contribution in [0.2, 0.25) is 0 Å². The molecule has 1 rings (SSSR count). The molecular weight excluding hydrogens is 236 g/mol. The first-order valence-electron chi connectivity index (χ1n) is 4.60. The third-order valence-electron chi connectivity index (χ3n) is 1.96. The molecule has 0 saturated carbocycles. The predicted molar refractivity (Wildman–Crippen MR) is 56.0 cm³/mol. The summed E-state index contributed by atoms with van der Waals surface area (Å²) in [5.74, 6) is -1.99. The fourth-order valence-electron chi connectivity index (χ4n) is 1.24. The lowest BCUT2D eigenvalue weighted by Gasteiger charge is -2.19. The van der Waals surface area contributed by atoms with E-state index in [-0.39, 0.29) is 5.69 Å². The van der Waals surface area contributed by atoms with Crippen LogP contribution in [0.25, 0.3) is 0 Å². The van der Waals surface area contributed by atoms with E-state index < -0.39 is 31.9 Å². The molecule has 0 fully saturated rings. The zero-order chi connectivity index (χ0) is 12.7. The molecule has 0 N–H and O–H groups in total. The standard InChI is InChI=1S/C10H13F2NO2S/c1-10(2,3)8-6(11)5-7(12)9(13-8)16(4,14)15/h5H,1-4H3. The van der Waals surface area contributed by atoms with E-state index >= 15 is 0 Å². The number of aromatic nitrogens is 1. The Morgan fingerprint density at radius 2 is 1.69 bits per heavy atom. The van der Waals surface area contributed by atoms with Gasteiger partial charge in [-0.1, -0.05) is 20.8 Å². The maximum Gasteiger partial charge on any atom is 0.195 e. The molecule has 0 amide bonds. The number of sulfone groups is 1. The molecule has 3 nitrogen and oxygen atoms in total. The van der Waals surface area contributed by atoms with Gasteiger partial charge in [0, 0.05) is 17.7 Å². The second kappa shape index (κ2) is 3.76. The first-order chi connectivity index (χ1) is 7.03. The fourth-order valence-corrected chi connectivity index (χ4v) is 1.91. The van der Waals surface area contributed by atoms with Crippen LogP contribution in [0.3, 0.4) is 0 Å². The molecule has 0 aliphatic heterocycles. The monoisotopic (exact) mass is 249 g/mol. The van der Waals surface area contributed by atoms with E-state index in [1.807, 2.05) is 0 Å². The lowest BCUT2D eigenvalue weighted by Crippen LogP contribution is -2.19. The maximum atomic E-state index is 13.4. The molecule has 6 heteroatoms. The van der Waals surface area contributed by atoms with Gasteiger partial charge in [-0.25, -0.2) is 22.2 Å². The van der Waals surface area contributed by atoms with E-state index in [1.165, 1.54) is 0 Å². The largest absolute Gasteiger partial charge is 0.235 e. The molecule has 0 radical (unpaired) electrons. The first kappa shape index (κ1) is 13.0. The van der Waals surface area contributed by atoms with Crippen molar-refractivity contribution in [1.29, 1.82) is 0 Å². The van der Waals surface area contributed by atoms with Crippen LogP contribution in [0.15, 0.2) is 11.1 Å². The highest BCUT2D eigenvalue weighted by Gasteiger charge is 2.26. The molecule has 0 aromatic carbocycles. The molecule has 1 aromatic heterocycles. The lowest BCUT2D eigenvalue weighted by atomic mass is 9.91. The van der Waals surface area contributed by atoms with Crippen molar-refractivity contribution in [3.05, 3.63) is 23.4 Å². The van der Waals surface area contributed by atoms with Gasteiger partial charge in [0.1, 0.15) is 5.82 Å². The van der Waals surface area contributed by atoms with Crippen molar-refractivity contribution in [1.82, 2.24) is 4.98 Å². The molecule has 90 valence electrons. The molecule has 16 heavy (non-hydrogen) atoms. The summed E-state index contributed by atoms with van der Waals surface area (Å²) in [6.45, 7) is 5.01. The average molecular weight is 249 g/mol. The van der Waals surface area contributed by atoms with Crippen molar-refractivity contribution in [2.45, 2.75) is 31.2 Å². The summed E-state index contributed by atoms with van der Waals surface area (Å²) >= 11 is 0. The minimum absolute atomic E-state index is 0.0608. The molecule has 0 aliphatic carbocycles. The van der Waals surface area contributed by atoms with Gasteiger partial charge in [-0.15, -0.1) is 0 Å². The Balaban J connectivity index is 3.58. The van der Waals surface area contributed by atoms with E-state index in [0.29, 0.717) is 6.07 Å². The number of rotatable bonds is 1. The number of nitrogens with zero attached hydrogens (tertiary/aromatic N) is 1. The third-order valence-corrected chi connectivity index (χ3v) is 2.95. The lowest BCUT2D eigenvalue weighted by molar-refractivity contribution is 0.470. The molecule has 0 bridgehead atoms. The van der Waals surface area contributed by atoms with Crippen LogP contribution in [-0.4, -0.2) is 19.7 Å². The second-order valence-corrected chi connectivity index (χ2v) is 6.56. The van der Waals surface area contributed by atoms with Gasteiger partial charge >= 0.3 is 0 Å². The van der Waals surface area contributed by atoms with Gasteiger partial charge in [-0.05, 0) is 0 Å². The maximum absolute atomic E-state index is 13.4. The van der Waals surface area contributed by atoms with E-state index in [2.05, 4.69) is 4.98 Å². The van der Waals surface area contributed by atoms with Gasteiger partial charge < -0.3 is 0 Å². The molecule has 1 heterocycles.